The summed E-state index contributed by atoms with van der Waals surface area (Å²) in [4.78, 5) is 12.9. The number of sulfonamides is 1. The Balaban J connectivity index is 2.36. The molecule has 0 atom stereocenters. The number of nitro groups is 1. The van der Waals surface area contributed by atoms with Crippen molar-refractivity contribution >= 4 is 21.4 Å². The summed E-state index contributed by atoms with van der Waals surface area (Å²) in [5.41, 5.74) is -0.228. The number of nitrogens with one attached hydrogen (secondary N) is 1. The van der Waals surface area contributed by atoms with Crippen LogP contribution in [-0.2, 0) is 10.0 Å². The minimum Gasteiger partial charge on any atom is -0.375 e. The van der Waals surface area contributed by atoms with E-state index < -0.39 is 14.9 Å². The van der Waals surface area contributed by atoms with Gasteiger partial charge in [0.2, 0.25) is 10.0 Å². The summed E-state index contributed by atoms with van der Waals surface area (Å²) in [6.07, 6.45) is 0.769. The Labute approximate surface area is 149 Å². The van der Waals surface area contributed by atoms with Crippen LogP contribution in [0.3, 0.4) is 0 Å². The molecule has 1 heterocycles. The molecule has 0 amide bonds. The first-order chi connectivity index (χ1) is 11.6. The van der Waals surface area contributed by atoms with Gasteiger partial charge < -0.3 is 10.2 Å². The van der Waals surface area contributed by atoms with Crippen molar-refractivity contribution in [2.45, 2.75) is 37.6 Å². The molecule has 9 heteroatoms. The largest absolute Gasteiger partial charge is 0.375 e. The lowest BCUT2D eigenvalue weighted by Crippen LogP contribution is -2.47. The van der Waals surface area contributed by atoms with Gasteiger partial charge in [0.25, 0.3) is 5.69 Å². The van der Waals surface area contributed by atoms with Crippen LogP contribution >= 0.6 is 0 Å². The number of likely N-dealkylation sites (N-methyl/N-ethyl adjacent to an activating group) is 1. The number of hydrogen-bond donors (Lipinski definition) is 1. The molecule has 0 saturated carbocycles. The van der Waals surface area contributed by atoms with Crippen molar-refractivity contribution in [3.05, 3.63) is 28.3 Å². The quantitative estimate of drug-likeness (QED) is 0.609. The van der Waals surface area contributed by atoms with Gasteiger partial charge in [-0.25, -0.2) is 8.42 Å². The van der Waals surface area contributed by atoms with Gasteiger partial charge in [-0.3, -0.25) is 10.1 Å². The van der Waals surface area contributed by atoms with Crippen LogP contribution in [0.5, 0.6) is 0 Å². The first kappa shape index (κ1) is 19.6. The van der Waals surface area contributed by atoms with E-state index in [-0.39, 0.29) is 16.1 Å². The van der Waals surface area contributed by atoms with E-state index in [2.05, 4.69) is 5.32 Å². The number of nitro benzene ring substituents is 1. The van der Waals surface area contributed by atoms with E-state index in [0.717, 1.165) is 12.5 Å². The second-order valence-electron chi connectivity index (χ2n) is 7.01. The fraction of sp³-hybridized carbons (Fsp3) is 0.625. The number of hydrogen-bond acceptors (Lipinski definition) is 6. The van der Waals surface area contributed by atoms with E-state index in [1.165, 1.54) is 16.4 Å². The Morgan fingerprint density at radius 2 is 1.84 bits per heavy atom. The lowest BCUT2D eigenvalue weighted by Gasteiger charge is -2.31. The minimum atomic E-state index is -3.73. The van der Waals surface area contributed by atoms with Crippen LogP contribution in [0.15, 0.2) is 23.1 Å². The summed E-state index contributed by atoms with van der Waals surface area (Å²) in [6, 6.07) is 4.08. The molecule has 1 aromatic carbocycles. The summed E-state index contributed by atoms with van der Waals surface area (Å²) in [6.45, 7) is 7.91. The van der Waals surface area contributed by atoms with Crippen LogP contribution in [-0.4, -0.2) is 61.3 Å². The van der Waals surface area contributed by atoms with Crippen LogP contribution in [0.1, 0.15) is 27.2 Å². The molecule has 1 fully saturated rings. The van der Waals surface area contributed by atoms with Gasteiger partial charge in [-0.1, -0.05) is 6.92 Å². The molecule has 25 heavy (non-hydrogen) atoms. The van der Waals surface area contributed by atoms with Crippen molar-refractivity contribution < 1.29 is 13.3 Å². The molecular weight excluding hydrogens is 344 g/mol. The molecule has 1 N–H and O–H groups in total. The van der Waals surface area contributed by atoms with Crippen molar-refractivity contribution in [2.75, 3.05) is 38.5 Å². The second-order valence-corrected chi connectivity index (χ2v) is 8.94. The van der Waals surface area contributed by atoms with Crippen LogP contribution in [0, 0.1) is 10.1 Å². The molecule has 0 unspecified atom stereocenters. The third kappa shape index (κ3) is 4.47. The molecule has 0 bridgehead atoms. The predicted octanol–water partition coefficient (Wildman–Crippen LogP) is 2.13. The molecule has 2 rings (SSSR count). The highest BCUT2D eigenvalue weighted by molar-refractivity contribution is 7.89. The first-order valence-corrected chi connectivity index (χ1v) is 9.76. The van der Waals surface area contributed by atoms with E-state index in [0.29, 0.717) is 31.9 Å². The highest BCUT2D eigenvalue weighted by Gasteiger charge is 2.30. The molecule has 140 valence electrons. The van der Waals surface area contributed by atoms with Gasteiger partial charge in [0.15, 0.2) is 0 Å². The van der Waals surface area contributed by atoms with Gasteiger partial charge in [-0.15, -0.1) is 0 Å². The van der Waals surface area contributed by atoms with E-state index >= 15 is 0 Å². The lowest BCUT2D eigenvalue weighted by atomic mass is 10.0. The Morgan fingerprint density at radius 3 is 2.36 bits per heavy atom. The summed E-state index contributed by atoms with van der Waals surface area (Å²) in [7, 11) is -1.80. The third-order valence-electron chi connectivity index (χ3n) is 4.62. The average molecular weight is 370 g/mol. The number of piperazine rings is 1. The van der Waals surface area contributed by atoms with Crippen molar-refractivity contribution in [2.24, 2.45) is 0 Å². The van der Waals surface area contributed by atoms with E-state index in [1.807, 2.05) is 32.7 Å². The van der Waals surface area contributed by atoms with Crippen molar-refractivity contribution in [1.29, 1.82) is 0 Å². The van der Waals surface area contributed by atoms with Crippen molar-refractivity contribution in [3.63, 3.8) is 0 Å². The number of anilines is 1. The topological polar surface area (TPSA) is 95.8 Å². The summed E-state index contributed by atoms with van der Waals surface area (Å²) >= 11 is 0. The van der Waals surface area contributed by atoms with Gasteiger partial charge in [-0.05, 0) is 39.4 Å². The van der Waals surface area contributed by atoms with E-state index in [4.69, 9.17) is 0 Å². The number of nitrogens with zero attached hydrogens (tertiary/aromatic N) is 3. The van der Waals surface area contributed by atoms with Gasteiger partial charge in [-0.2, -0.15) is 4.31 Å². The Bertz CT molecular complexity index is 741. The van der Waals surface area contributed by atoms with Gasteiger partial charge in [0, 0.05) is 37.8 Å². The van der Waals surface area contributed by atoms with Crippen molar-refractivity contribution in [3.8, 4) is 0 Å². The predicted molar refractivity (Wildman–Crippen MR) is 97.3 cm³/mol. The summed E-state index contributed by atoms with van der Waals surface area (Å²) in [5.74, 6) is 0. The normalized spacial score (nSPS) is 17.4. The highest BCUT2D eigenvalue weighted by atomic mass is 32.2. The van der Waals surface area contributed by atoms with Crippen LogP contribution in [0.25, 0.3) is 0 Å². The fourth-order valence-electron chi connectivity index (χ4n) is 2.56. The molecule has 0 radical (unpaired) electrons. The van der Waals surface area contributed by atoms with Crippen LogP contribution < -0.4 is 5.32 Å². The molecule has 8 nitrogen and oxygen atoms in total. The van der Waals surface area contributed by atoms with Crippen molar-refractivity contribution in [1.82, 2.24) is 9.21 Å². The molecule has 0 aromatic heterocycles. The smallest absolute Gasteiger partial charge is 0.293 e. The van der Waals surface area contributed by atoms with Gasteiger partial charge in [0.1, 0.15) is 5.69 Å². The van der Waals surface area contributed by atoms with Gasteiger partial charge in [0.05, 0.1) is 9.82 Å². The molecule has 1 aliphatic heterocycles. The zero-order valence-corrected chi connectivity index (χ0v) is 16.0. The standard InChI is InChI=1S/C16H26N4O4S/c1-5-16(2,3)17-14-7-6-13(12-15(14)20(21)22)25(23,24)19-10-8-18(4)9-11-19/h6-7,12,17H,5,8-11H2,1-4H3. The zero-order chi connectivity index (χ0) is 18.8. The molecule has 1 aliphatic rings. The van der Waals surface area contributed by atoms with Gasteiger partial charge >= 0.3 is 0 Å². The fourth-order valence-corrected chi connectivity index (χ4v) is 4.00. The average Bonchev–Trinajstić information content (AvgIpc) is 2.55. The number of rotatable bonds is 6. The summed E-state index contributed by atoms with van der Waals surface area (Å²) < 4.78 is 27.0. The highest BCUT2D eigenvalue weighted by Crippen LogP contribution is 2.31. The number of benzene rings is 1. The van der Waals surface area contributed by atoms with Crippen LogP contribution in [0.4, 0.5) is 11.4 Å². The third-order valence-corrected chi connectivity index (χ3v) is 6.52. The molecular formula is C16H26N4O4S. The summed E-state index contributed by atoms with van der Waals surface area (Å²) in [5, 5.41) is 14.6. The molecule has 1 saturated heterocycles. The van der Waals surface area contributed by atoms with E-state index in [9.17, 15) is 18.5 Å². The Kier molecular flexibility index (Phi) is 5.70. The minimum absolute atomic E-state index is 0.0383. The lowest BCUT2D eigenvalue weighted by molar-refractivity contribution is -0.384. The maximum absolute atomic E-state index is 12.8. The maximum Gasteiger partial charge on any atom is 0.293 e. The molecule has 1 aromatic rings. The van der Waals surface area contributed by atoms with E-state index in [1.54, 1.807) is 0 Å². The SMILES string of the molecule is CCC(C)(C)Nc1ccc(S(=O)(=O)N2CCN(C)CC2)cc1[N+](=O)[O-]. The Morgan fingerprint density at radius 1 is 1.24 bits per heavy atom. The first-order valence-electron chi connectivity index (χ1n) is 8.32. The van der Waals surface area contributed by atoms with Crippen LogP contribution in [0.2, 0.25) is 0 Å². The Hall–Kier alpha value is -1.71. The zero-order valence-electron chi connectivity index (χ0n) is 15.2. The second kappa shape index (κ2) is 7.27. The molecule has 0 aliphatic carbocycles. The monoisotopic (exact) mass is 370 g/mol. The molecule has 0 spiro atoms. The maximum atomic E-state index is 12.8.